The molecule has 2 aliphatic carbocycles. The molecule has 3 heteroatoms. The van der Waals surface area contributed by atoms with Crippen LogP contribution < -0.4 is 0 Å². The van der Waals surface area contributed by atoms with Crippen LogP contribution in [-0.2, 0) is 8.85 Å². The maximum absolute atomic E-state index is 4.99. The maximum Gasteiger partial charge on any atom is 0.304 e. The number of hydrogen-bond donors (Lipinski definition) is 0. The van der Waals surface area contributed by atoms with E-state index in [1.54, 1.807) is 25.7 Å². The molecule has 0 unspecified atom stereocenters. The Labute approximate surface area is 122 Å². The van der Waals surface area contributed by atoms with Crippen molar-refractivity contribution in [3.63, 3.8) is 0 Å². The maximum atomic E-state index is 4.99. The van der Waals surface area contributed by atoms with Gasteiger partial charge in [0.2, 0.25) is 0 Å². The normalized spacial score (nSPS) is 21.8. The summed E-state index contributed by atoms with van der Waals surface area (Å²) in [4.78, 5) is 0. The molecule has 2 fully saturated rings. The lowest BCUT2D eigenvalue weighted by Gasteiger charge is -2.32. The van der Waals surface area contributed by atoms with Crippen molar-refractivity contribution in [2.24, 2.45) is 11.8 Å². The molecule has 0 radical (unpaired) electrons. The van der Waals surface area contributed by atoms with Crippen molar-refractivity contribution in [3.8, 4) is 0 Å². The van der Waals surface area contributed by atoms with E-state index in [1.807, 2.05) is 13.8 Å². The van der Waals surface area contributed by atoms with Crippen LogP contribution in [-0.4, -0.2) is 23.2 Å². The van der Waals surface area contributed by atoms with Crippen molar-refractivity contribution < 1.29 is 8.85 Å². The average Bonchev–Trinajstić information content (AvgIpc) is 2.50. The second-order valence-electron chi connectivity index (χ2n) is 5.90. The largest absolute Gasteiger partial charge is 0.399 e. The second-order valence-corrected chi connectivity index (χ2v) is 6.95. The third-order valence-electron chi connectivity index (χ3n) is 4.54. The molecule has 2 nitrogen and oxygen atoms in total. The molecule has 0 atom stereocenters. The van der Waals surface area contributed by atoms with E-state index in [1.165, 1.54) is 38.5 Å². The molecule has 0 spiro atoms. The van der Waals surface area contributed by atoms with Gasteiger partial charge in [0.25, 0.3) is 0 Å². The van der Waals surface area contributed by atoms with Gasteiger partial charge in [-0.3, -0.25) is 0 Å². The van der Waals surface area contributed by atoms with Crippen LogP contribution in [0.5, 0.6) is 0 Å². The second kappa shape index (κ2) is 11.9. The van der Waals surface area contributed by atoms with Crippen LogP contribution in [0.1, 0.15) is 78.1 Å². The van der Waals surface area contributed by atoms with Crippen LogP contribution >= 0.6 is 0 Å². The Bertz CT molecular complexity index is 167. The molecule has 2 saturated carbocycles. The molecular formula is C16H34O2Si. The van der Waals surface area contributed by atoms with Gasteiger partial charge in [0, 0.05) is 13.2 Å². The smallest absolute Gasteiger partial charge is 0.304 e. The topological polar surface area (TPSA) is 18.5 Å². The summed E-state index contributed by atoms with van der Waals surface area (Å²) >= 11 is 0. The fourth-order valence-corrected chi connectivity index (χ4v) is 3.89. The Kier molecular flexibility index (Phi) is 10.8. The Morgan fingerprint density at radius 1 is 0.684 bits per heavy atom. The molecule has 0 amide bonds. The predicted molar refractivity (Wildman–Crippen MR) is 84.9 cm³/mol. The standard InChI is InChI=1S/C12H22.C4H12O2Si/c1-3-7-11(8-4-1)12-9-5-2-6-10-12;1-3-5-7-6-4-2/h11-12H,1-10H2;3-4,7H2,1-2H3. The molecule has 0 aromatic heterocycles. The molecule has 0 saturated heterocycles. The van der Waals surface area contributed by atoms with E-state index < -0.39 is 10.0 Å². The Morgan fingerprint density at radius 2 is 1.05 bits per heavy atom. The molecule has 2 rings (SSSR count). The summed E-state index contributed by atoms with van der Waals surface area (Å²) in [7, 11) is -0.589. The molecular weight excluding hydrogens is 252 g/mol. The summed E-state index contributed by atoms with van der Waals surface area (Å²) in [6.45, 7) is 5.55. The van der Waals surface area contributed by atoms with Crippen molar-refractivity contribution in [2.75, 3.05) is 13.2 Å². The van der Waals surface area contributed by atoms with E-state index in [0.717, 1.165) is 25.0 Å². The van der Waals surface area contributed by atoms with Crippen LogP contribution in [0.15, 0.2) is 0 Å². The van der Waals surface area contributed by atoms with Gasteiger partial charge >= 0.3 is 10.0 Å². The van der Waals surface area contributed by atoms with Crippen molar-refractivity contribution >= 4 is 10.0 Å². The Balaban J connectivity index is 0.000000224. The summed E-state index contributed by atoms with van der Waals surface area (Å²) in [6.07, 6.45) is 15.4. The molecule has 0 heterocycles. The highest BCUT2D eigenvalue weighted by atomic mass is 28.3. The van der Waals surface area contributed by atoms with Gasteiger partial charge in [0.15, 0.2) is 0 Å². The Hall–Kier alpha value is 0.137. The highest BCUT2D eigenvalue weighted by Gasteiger charge is 2.24. The van der Waals surface area contributed by atoms with E-state index in [-0.39, 0.29) is 0 Å². The fraction of sp³-hybridized carbons (Fsp3) is 1.00. The van der Waals surface area contributed by atoms with Crippen molar-refractivity contribution in [2.45, 2.75) is 78.1 Å². The molecule has 0 bridgehead atoms. The van der Waals surface area contributed by atoms with E-state index in [2.05, 4.69) is 0 Å². The highest BCUT2D eigenvalue weighted by molar-refractivity contribution is 6.17. The van der Waals surface area contributed by atoms with E-state index in [4.69, 9.17) is 8.85 Å². The first-order valence-corrected chi connectivity index (χ1v) is 9.69. The molecule has 19 heavy (non-hydrogen) atoms. The lowest BCUT2D eigenvalue weighted by atomic mass is 9.73. The van der Waals surface area contributed by atoms with Gasteiger partial charge in [-0.1, -0.05) is 64.2 Å². The molecule has 0 aromatic rings. The Morgan fingerprint density at radius 3 is 1.37 bits per heavy atom. The van der Waals surface area contributed by atoms with Crippen LogP contribution in [0.4, 0.5) is 0 Å². The van der Waals surface area contributed by atoms with Crippen molar-refractivity contribution in [1.29, 1.82) is 0 Å². The monoisotopic (exact) mass is 286 g/mol. The summed E-state index contributed by atoms with van der Waals surface area (Å²) < 4.78 is 9.98. The minimum Gasteiger partial charge on any atom is -0.399 e. The first-order valence-electron chi connectivity index (χ1n) is 8.54. The predicted octanol–water partition coefficient (Wildman–Crippen LogP) is 4.21. The summed E-state index contributed by atoms with van der Waals surface area (Å²) in [5, 5.41) is 0. The molecule has 0 aromatic carbocycles. The number of hydrogen-bond acceptors (Lipinski definition) is 2. The lowest BCUT2D eigenvalue weighted by molar-refractivity contribution is 0.196. The zero-order valence-electron chi connectivity index (χ0n) is 13.2. The van der Waals surface area contributed by atoms with Gasteiger partial charge in [-0.25, -0.2) is 0 Å². The summed E-state index contributed by atoms with van der Waals surface area (Å²) in [6, 6.07) is 0. The lowest BCUT2D eigenvalue weighted by Crippen LogP contribution is -2.20. The van der Waals surface area contributed by atoms with Gasteiger partial charge < -0.3 is 8.85 Å². The SMILES string of the molecule is C1CCC(C2CCCCC2)CC1.CCO[SiH2]OCC. The van der Waals surface area contributed by atoms with Crippen LogP contribution in [0.25, 0.3) is 0 Å². The van der Waals surface area contributed by atoms with Gasteiger partial charge in [0.1, 0.15) is 0 Å². The molecule has 0 N–H and O–H groups in total. The van der Waals surface area contributed by atoms with Crippen LogP contribution in [0.3, 0.4) is 0 Å². The van der Waals surface area contributed by atoms with Crippen molar-refractivity contribution in [3.05, 3.63) is 0 Å². The minimum absolute atomic E-state index is 0.589. The zero-order valence-corrected chi connectivity index (χ0v) is 14.6. The zero-order chi connectivity index (χ0) is 13.8. The molecule has 2 aliphatic rings. The van der Waals surface area contributed by atoms with Gasteiger partial charge in [-0.2, -0.15) is 0 Å². The van der Waals surface area contributed by atoms with Gasteiger partial charge in [-0.05, 0) is 25.7 Å². The van der Waals surface area contributed by atoms with Crippen molar-refractivity contribution in [1.82, 2.24) is 0 Å². The highest BCUT2D eigenvalue weighted by Crippen LogP contribution is 2.37. The van der Waals surface area contributed by atoms with E-state index in [9.17, 15) is 0 Å². The van der Waals surface area contributed by atoms with E-state index >= 15 is 0 Å². The third kappa shape index (κ3) is 8.11. The minimum atomic E-state index is -0.589. The average molecular weight is 287 g/mol. The molecule has 114 valence electrons. The van der Waals surface area contributed by atoms with Gasteiger partial charge in [-0.15, -0.1) is 0 Å². The first-order chi connectivity index (χ1) is 9.38. The summed E-state index contributed by atoms with van der Waals surface area (Å²) in [5.74, 6) is 2.28. The van der Waals surface area contributed by atoms with E-state index in [0.29, 0.717) is 0 Å². The fourth-order valence-electron chi connectivity index (χ4n) is 3.44. The third-order valence-corrected chi connectivity index (χ3v) is 5.69. The van der Waals surface area contributed by atoms with Crippen LogP contribution in [0, 0.1) is 11.8 Å². The summed E-state index contributed by atoms with van der Waals surface area (Å²) in [5.41, 5.74) is 0. The molecule has 0 aliphatic heterocycles. The quantitative estimate of drug-likeness (QED) is 0.557. The van der Waals surface area contributed by atoms with Crippen LogP contribution in [0.2, 0.25) is 0 Å². The number of rotatable bonds is 5. The van der Waals surface area contributed by atoms with Gasteiger partial charge in [0.05, 0.1) is 0 Å². The first kappa shape index (κ1) is 17.2.